The lowest BCUT2D eigenvalue weighted by Crippen LogP contribution is -2.48. The van der Waals surface area contributed by atoms with Crippen LogP contribution in [0.2, 0.25) is 0 Å². The zero-order valence-electron chi connectivity index (χ0n) is 10.6. The number of amides is 2. The zero-order valence-corrected chi connectivity index (χ0v) is 10.6. The number of nitrogens with one attached hydrogen (secondary N) is 1. The third-order valence-electron chi connectivity index (χ3n) is 3.95. The van der Waals surface area contributed by atoms with Gasteiger partial charge >= 0.3 is 0 Å². The first kappa shape index (κ1) is 12.4. The number of hydrogen-bond donors (Lipinski definition) is 1. The van der Waals surface area contributed by atoms with Gasteiger partial charge in [-0.2, -0.15) is 0 Å². The number of nitrogens with zero attached hydrogens (tertiary/aromatic N) is 1. The Labute approximate surface area is 103 Å². The molecular weight excluding hydrogens is 216 g/mol. The average Bonchev–Trinajstić information content (AvgIpc) is 2.27. The van der Waals surface area contributed by atoms with Crippen LogP contribution in [0.5, 0.6) is 0 Å². The second-order valence-electron chi connectivity index (χ2n) is 5.15. The predicted molar refractivity (Wildman–Crippen MR) is 65.4 cm³/mol. The van der Waals surface area contributed by atoms with Gasteiger partial charge in [0, 0.05) is 31.5 Å². The topological polar surface area (TPSA) is 49.4 Å². The summed E-state index contributed by atoms with van der Waals surface area (Å²) in [7, 11) is 0. The van der Waals surface area contributed by atoms with Gasteiger partial charge in [0.1, 0.15) is 0 Å². The molecule has 0 atom stereocenters. The van der Waals surface area contributed by atoms with Gasteiger partial charge < -0.3 is 10.2 Å². The Morgan fingerprint density at radius 3 is 2.29 bits per heavy atom. The third kappa shape index (κ3) is 2.99. The van der Waals surface area contributed by atoms with Gasteiger partial charge in [0.05, 0.1) is 0 Å². The normalized spacial score (nSPS) is 22.1. The van der Waals surface area contributed by atoms with Gasteiger partial charge in [-0.15, -0.1) is 0 Å². The highest BCUT2D eigenvalue weighted by molar-refractivity contribution is 5.79. The Bertz CT molecular complexity index is 292. The summed E-state index contributed by atoms with van der Waals surface area (Å²) in [5.41, 5.74) is 0. The second-order valence-corrected chi connectivity index (χ2v) is 5.15. The van der Waals surface area contributed by atoms with E-state index < -0.39 is 0 Å². The zero-order chi connectivity index (χ0) is 12.3. The molecule has 4 heteroatoms. The molecule has 0 unspecified atom stereocenters. The summed E-state index contributed by atoms with van der Waals surface area (Å²) in [5.74, 6) is 0.766. The molecule has 0 radical (unpaired) electrons. The number of rotatable bonds is 3. The van der Waals surface area contributed by atoms with Crippen LogP contribution in [0, 0.1) is 5.92 Å². The number of piperidine rings is 1. The summed E-state index contributed by atoms with van der Waals surface area (Å²) in [6, 6.07) is 0.271. The first-order chi connectivity index (χ1) is 8.20. The molecule has 0 spiro atoms. The maximum absolute atomic E-state index is 12.0. The van der Waals surface area contributed by atoms with Crippen LogP contribution in [0.25, 0.3) is 0 Å². The largest absolute Gasteiger partial charge is 0.353 e. The van der Waals surface area contributed by atoms with E-state index in [0.717, 1.165) is 38.8 Å². The molecule has 2 rings (SSSR count). The summed E-state index contributed by atoms with van der Waals surface area (Å²) in [6.45, 7) is 3.48. The van der Waals surface area contributed by atoms with Crippen molar-refractivity contribution in [2.24, 2.45) is 5.92 Å². The van der Waals surface area contributed by atoms with E-state index in [1.807, 2.05) is 11.8 Å². The fraction of sp³-hybridized carbons (Fsp3) is 0.846. The van der Waals surface area contributed by atoms with Crippen molar-refractivity contribution in [3.63, 3.8) is 0 Å². The van der Waals surface area contributed by atoms with E-state index in [1.165, 1.54) is 6.42 Å². The average molecular weight is 238 g/mol. The minimum Gasteiger partial charge on any atom is -0.353 e. The molecule has 0 aromatic heterocycles. The second kappa shape index (κ2) is 5.52. The summed E-state index contributed by atoms with van der Waals surface area (Å²) >= 11 is 0. The van der Waals surface area contributed by atoms with E-state index in [0.29, 0.717) is 18.2 Å². The van der Waals surface area contributed by atoms with E-state index in [-0.39, 0.29) is 11.9 Å². The molecular formula is C13H22N2O2. The van der Waals surface area contributed by atoms with Gasteiger partial charge in [-0.1, -0.05) is 13.3 Å². The van der Waals surface area contributed by atoms with Crippen LogP contribution in [0.15, 0.2) is 0 Å². The third-order valence-corrected chi connectivity index (χ3v) is 3.95. The van der Waals surface area contributed by atoms with E-state index >= 15 is 0 Å². The van der Waals surface area contributed by atoms with Gasteiger partial charge in [0.15, 0.2) is 0 Å². The fourth-order valence-corrected chi connectivity index (χ4v) is 2.49. The molecule has 2 amide bonds. The smallest absolute Gasteiger partial charge is 0.225 e. The monoisotopic (exact) mass is 238 g/mol. The lowest BCUT2D eigenvalue weighted by Gasteiger charge is -2.36. The van der Waals surface area contributed by atoms with Gasteiger partial charge in [-0.3, -0.25) is 9.59 Å². The molecule has 17 heavy (non-hydrogen) atoms. The standard InChI is InChI=1S/C13H22N2O2/c1-2-12(16)14-11-6-8-15(9-7-11)13(17)10-4-3-5-10/h10-11H,2-9H2,1H3,(H,14,16). The summed E-state index contributed by atoms with van der Waals surface area (Å²) < 4.78 is 0. The van der Waals surface area contributed by atoms with E-state index in [4.69, 9.17) is 0 Å². The van der Waals surface area contributed by atoms with Crippen molar-refractivity contribution in [3.05, 3.63) is 0 Å². The van der Waals surface area contributed by atoms with Crippen molar-refractivity contribution in [2.75, 3.05) is 13.1 Å². The van der Waals surface area contributed by atoms with Crippen molar-refractivity contribution in [1.82, 2.24) is 10.2 Å². The van der Waals surface area contributed by atoms with Crippen LogP contribution >= 0.6 is 0 Å². The minimum absolute atomic E-state index is 0.119. The fourth-order valence-electron chi connectivity index (χ4n) is 2.49. The first-order valence-corrected chi connectivity index (χ1v) is 6.79. The molecule has 2 aliphatic rings. The SMILES string of the molecule is CCC(=O)NC1CCN(C(=O)C2CCC2)CC1. The Balaban J connectivity index is 1.73. The lowest BCUT2D eigenvalue weighted by molar-refractivity contribution is -0.139. The molecule has 4 nitrogen and oxygen atoms in total. The van der Waals surface area contributed by atoms with E-state index in [2.05, 4.69) is 5.32 Å². The molecule has 1 aliphatic heterocycles. The van der Waals surface area contributed by atoms with Gasteiger partial charge in [-0.05, 0) is 25.7 Å². The van der Waals surface area contributed by atoms with Gasteiger partial charge in [0.2, 0.25) is 11.8 Å². The van der Waals surface area contributed by atoms with Crippen LogP contribution in [0.1, 0.15) is 45.4 Å². The van der Waals surface area contributed by atoms with E-state index in [1.54, 1.807) is 0 Å². The lowest BCUT2D eigenvalue weighted by atomic mass is 9.84. The number of carbonyl (C=O) groups excluding carboxylic acids is 2. The maximum atomic E-state index is 12.0. The molecule has 1 saturated heterocycles. The highest BCUT2D eigenvalue weighted by atomic mass is 16.2. The number of likely N-dealkylation sites (tertiary alicyclic amines) is 1. The van der Waals surface area contributed by atoms with Crippen LogP contribution in [-0.2, 0) is 9.59 Å². The summed E-state index contributed by atoms with van der Waals surface area (Å²) in [4.78, 5) is 25.3. The molecule has 96 valence electrons. The Hall–Kier alpha value is -1.06. The van der Waals surface area contributed by atoms with Gasteiger partial charge in [0.25, 0.3) is 0 Å². The predicted octanol–water partition coefficient (Wildman–Crippen LogP) is 1.30. The minimum atomic E-state index is 0.119. The number of carbonyl (C=O) groups is 2. The van der Waals surface area contributed by atoms with E-state index in [9.17, 15) is 9.59 Å². The summed E-state index contributed by atoms with van der Waals surface area (Å²) in [5, 5.41) is 3.01. The van der Waals surface area contributed by atoms with Crippen molar-refractivity contribution in [2.45, 2.75) is 51.5 Å². The molecule has 0 bridgehead atoms. The van der Waals surface area contributed by atoms with Crippen molar-refractivity contribution in [1.29, 1.82) is 0 Å². The summed E-state index contributed by atoms with van der Waals surface area (Å²) in [6.07, 6.45) is 5.71. The Morgan fingerprint density at radius 2 is 1.82 bits per heavy atom. The Kier molecular flexibility index (Phi) is 4.02. The van der Waals surface area contributed by atoms with Crippen molar-refractivity contribution >= 4 is 11.8 Å². The van der Waals surface area contributed by atoms with Crippen LogP contribution < -0.4 is 5.32 Å². The molecule has 1 aliphatic carbocycles. The molecule has 2 fully saturated rings. The highest BCUT2D eigenvalue weighted by Crippen LogP contribution is 2.29. The first-order valence-electron chi connectivity index (χ1n) is 6.79. The van der Waals surface area contributed by atoms with Crippen molar-refractivity contribution in [3.8, 4) is 0 Å². The molecule has 1 saturated carbocycles. The van der Waals surface area contributed by atoms with Crippen molar-refractivity contribution < 1.29 is 9.59 Å². The van der Waals surface area contributed by atoms with Crippen LogP contribution in [0.4, 0.5) is 0 Å². The van der Waals surface area contributed by atoms with Gasteiger partial charge in [-0.25, -0.2) is 0 Å². The molecule has 1 heterocycles. The quantitative estimate of drug-likeness (QED) is 0.805. The van der Waals surface area contributed by atoms with Crippen LogP contribution in [-0.4, -0.2) is 35.8 Å². The maximum Gasteiger partial charge on any atom is 0.225 e. The molecule has 1 N–H and O–H groups in total. The highest BCUT2D eigenvalue weighted by Gasteiger charge is 2.31. The molecule has 0 aromatic carbocycles. The molecule has 0 aromatic rings. The number of hydrogen-bond acceptors (Lipinski definition) is 2. The Morgan fingerprint density at radius 1 is 1.18 bits per heavy atom. The van der Waals surface area contributed by atoms with Crippen LogP contribution in [0.3, 0.4) is 0 Å².